The summed E-state index contributed by atoms with van der Waals surface area (Å²) in [7, 11) is 0. The molecular weight excluding hydrogens is 224 g/mol. The topological polar surface area (TPSA) is 76.1 Å². The van der Waals surface area contributed by atoms with Crippen LogP contribution in [0.5, 0.6) is 0 Å². The summed E-state index contributed by atoms with van der Waals surface area (Å²) >= 11 is 0. The van der Waals surface area contributed by atoms with Crippen molar-refractivity contribution in [2.45, 2.75) is 57.9 Å². The summed E-state index contributed by atoms with van der Waals surface area (Å²) in [5.41, 5.74) is 14.8. The quantitative estimate of drug-likeness (QED) is 0.452. The third kappa shape index (κ3) is 2.03. The lowest BCUT2D eigenvalue weighted by Gasteiger charge is -2.47. The Morgan fingerprint density at radius 1 is 1.17 bits per heavy atom. The number of rotatable bonds is 0. The first-order valence-corrected chi connectivity index (χ1v) is 6.64. The lowest BCUT2D eigenvalue weighted by Crippen LogP contribution is -2.66. The second kappa shape index (κ2) is 4.93. The molecule has 4 nitrogen and oxygen atoms in total. The zero-order chi connectivity index (χ0) is 13.4. The summed E-state index contributed by atoms with van der Waals surface area (Å²) in [5.74, 6) is 6.29. The van der Waals surface area contributed by atoms with Gasteiger partial charge in [-0.15, -0.1) is 5.92 Å². The van der Waals surface area contributed by atoms with Gasteiger partial charge in [-0.1, -0.05) is 5.92 Å². The van der Waals surface area contributed by atoms with Crippen LogP contribution in [0.1, 0.15) is 27.7 Å². The van der Waals surface area contributed by atoms with Crippen molar-refractivity contribution in [1.29, 1.82) is 0 Å². The molecule has 1 heterocycles. The van der Waals surface area contributed by atoms with Gasteiger partial charge in [-0.2, -0.15) is 0 Å². The van der Waals surface area contributed by atoms with Gasteiger partial charge in [0.2, 0.25) is 0 Å². The van der Waals surface area contributed by atoms with Gasteiger partial charge >= 0.3 is 0 Å². The van der Waals surface area contributed by atoms with E-state index in [2.05, 4.69) is 43.2 Å². The highest BCUT2D eigenvalue weighted by Crippen LogP contribution is 2.30. The van der Waals surface area contributed by atoms with Crippen molar-refractivity contribution >= 4 is 0 Å². The molecule has 0 saturated carbocycles. The lowest BCUT2D eigenvalue weighted by molar-refractivity contribution is 0.253. The van der Waals surface area contributed by atoms with Gasteiger partial charge < -0.3 is 22.1 Å². The maximum Gasteiger partial charge on any atom is 0.0627 e. The van der Waals surface area contributed by atoms with E-state index in [1.807, 2.05) is 6.92 Å². The van der Waals surface area contributed by atoms with E-state index in [1.165, 1.54) is 5.70 Å². The van der Waals surface area contributed by atoms with E-state index in [0.29, 0.717) is 12.1 Å². The summed E-state index contributed by atoms with van der Waals surface area (Å²) in [6.45, 7) is 8.28. The molecule has 2 rings (SSSR count). The van der Waals surface area contributed by atoms with Crippen LogP contribution in [0, 0.1) is 17.8 Å². The minimum absolute atomic E-state index is 0.0751. The van der Waals surface area contributed by atoms with Gasteiger partial charge in [0.05, 0.1) is 12.0 Å². The Morgan fingerprint density at radius 3 is 2.44 bits per heavy atom. The van der Waals surface area contributed by atoms with Gasteiger partial charge in [-0.05, 0) is 33.3 Å². The Labute approximate surface area is 110 Å². The first kappa shape index (κ1) is 13.4. The smallest absolute Gasteiger partial charge is 0.0627 e. The maximum absolute atomic E-state index is 6.26. The number of nitrogens with one attached hydrogen (secondary N) is 2. The van der Waals surface area contributed by atoms with Crippen LogP contribution in [0.4, 0.5) is 0 Å². The monoisotopic (exact) mass is 248 g/mol. The molecule has 1 fully saturated rings. The van der Waals surface area contributed by atoms with Crippen LogP contribution in [0.2, 0.25) is 0 Å². The summed E-state index contributed by atoms with van der Waals surface area (Å²) in [5, 5.41) is 7.20. The minimum atomic E-state index is -0.114. The van der Waals surface area contributed by atoms with Crippen LogP contribution < -0.4 is 22.1 Å². The van der Waals surface area contributed by atoms with E-state index >= 15 is 0 Å². The maximum atomic E-state index is 6.26. The van der Waals surface area contributed by atoms with E-state index in [-0.39, 0.29) is 24.0 Å². The lowest BCUT2D eigenvalue weighted by atomic mass is 9.75. The molecule has 6 N–H and O–H groups in total. The molecule has 4 heteroatoms. The van der Waals surface area contributed by atoms with Gasteiger partial charge in [0.15, 0.2) is 0 Å². The van der Waals surface area contributed by atoms with E-state index in [4.69, 9.17) is 11.5 Å². The molecule has 0 spiro atoms. The first-order valence-electron chi connectivity index (χ1n) is 6.64. The molecule has 0 aromatic heterocycles. The number of piperazine rings is 1. The molecule has 0 aromatic carbocycles. The molecule has 1 saturated heterocycles. The second-order valence-electron chi connectivity index (χ2n) is 5.49. The van der Waals surface area contributed by atoms with E-state index in [1.54, 1.807) is 0 Å². The predicted molar refractivity (Wildman–Crippen MR) is 74.6 cm³/mol. The largest absolute Gasteiger partial charge is 0.383 e. The third-order valence-electron chi connectivity index (χ3n) is 4.31. The predicted octanol–water partition coefficient (Wildman–Crippen LogP) is -0.0935. The van der Waals surface area contributed by atoms with Crippen LogP contribution in [-0.2, 0) is 0 Å². The molecule has 0 bridgehead atoms. The molecule has 6 unspecified atom stereocenters. The first-order chi connectivity index (χ1) is 8.47. The molecule has 6 atom stereocenters. The van der Waals surface area contributed by atoms with Crippen molar-refractivity contribution in [3.05, 3.63) is 11.3 Å². The average Bonchev–Trinajstić information content (AvgIpc) is 2.35. The van der Waals surface area contributed by atoms with Crippen molar-refractivity contribution in [2.75, 3.05) is 0 Å². The average molecular weight is 248 g/mol. The summed E-state index contributed by atoms with van der Waals surface area (Å²) < 4.78 is 0. The van der Waals surface area contributed by atoms with Crippen molar-refractivity contribution in [2.24, 2.45) is 17.4 Å². The molecule has 1 aliphatic carbocycles. The van der Waals surface area contributed by atoms with Gasteiger partial charge in [0, 0.05) is 29.9 Å². The Morgan fingerprint density at radius 2 is 1.83 bits per heavy atom. The van der Waals surface area contributed by atoms with Crippen LogP contribution in [-0.4, -0.2) is 30.2 Å². The molecule has 0 radical (unpaired) electrons. The second-order valence-corrected chi connectivity index (χ2v) is 5.49. The summed E-state index contributed by atoms with van der Waals surface area (Å²) in [6, 6.07) is 0.744. The Kier molecular flexibility index (Phi) is 3.67. The van der Waals surface area contributed by atoms with Crippen LogP contribution in [0.3, 0.4) is 0 Å². The number of hydrogen-bond acceptors (Lipinski definition) is 4. The van der Waals surface area contributed by atoms with E-state index in [0.717, 1.165) is 5.57 Å². The summed E-state index contributed by atoms with van der Waals surface area (Å²) in [6.07, 6.45) is 0. The SMILES string of the molecule is CC#CC1C2NC(C)C(C)NC2=C(C)C(N)C1N. The zero-order valence-electron chi connectivity index (χ0n) is 11.6. The van der Waals surface area contributed by atoms with Gasteiger partial charge in [0.1, 0.15) is 0 Å². The van der Waals surface area contributed by atoms with E-state index in [9.17, 15) is 0 Å². The normalized spacial score (nSPS) is 43.7. The fourth-order valence-corrected chi connectivity index (χ4v) is 2.87. The molecule has 1 aliphatic heterocycles. The minimum Gasteiger partial charge on any atom is -0.383 e. The van der Waals surface area contributed by atoms with Gasteiger partial charge in [0.25, 0.3) is 0 Å². The fourth-order valence-electron chi connectivity index (χ4n) is 2.87. The molecule has 0 aromatic rings. The van der Waals surface area contributed by atoms with Crippen LogP contribution in [0.25, 0.3) is 0 Å². The Hall–Kier alpha value is -1.02. The van der Waals surface area contributed by atoms with Crippen molar-refractivity contribution in [3.63, 3.8) is 0 Å². The van der Waals surface area contributed by atoms with Crippen molar-refractivity contribution < 1.29 is 0 Å². The Bertz CT molecular complexity index is 417. The van der Waals surface area contributed by atoms with Crippen LogP contribution >= 0.6 is 0 Å². The standard InChI is InChI=1S/C14H24N4/c1-5-6-10-12(16)11(15)7(2)13-14(10)18-9(4)8(3)17-13/h8-12,14,17-18H,15-16H2,1-4H3. The number of fused-ring (bicyclic) bond motifs is 1. The molecule has 100 valence electrons. The highest BCUT2D eigenvalue weighted by molar-refractivity contribution is 5.35. The highest BCUT2D eigenvalue weighted by atomic mass is 15.1. The zero-order valence-corrected chi connectivity index (χ0v) is 11.6. The van der Waals surface area contributed by atoms with Crippen LogP contribution in [0.15, 0.2) is 11.3 Å². The third-order valence-corrected chi connectivity index (χ3v) is 4.31. The Balaban J connectivity index is 2.41. The van der Waals surface area contributed by atoms with Gasteiger partial charge in [-0.3, -0.25) is 0 Å². The molecule has 18 heavy (non-hydrogen) atoms. The van der Waals surface area contributed by atoms with Crippen molar-refractivity contribution in [1.82, 2.24) is 10.6 Å². The highest BCUT2D eigenvalue weighted by Gasteiger charge is 2.42. The molecular formula is C14H24N4. The molecule has 2 aliphatic rings. The fraction of sp³-hybridized carbons (Fsp3) is 0.714. The van der Waals surface area contributed by atoms with E-state index < -0.39 is 0 Å². The van der Waals surface area contributed by atoms with Crippen molar-refractivity contribution in [3.8, 4) is 11.8 Å². The summed E-state index contributed by atoms with van der Waals surface area (Å²) in [4.78, 5) is 0. The number of hydrogen-bond donors (Lipinski definition) is 4. The van der Waals surface area contributed by atoms with Gasteiger partial charge in [-0.25, -0.2) is 0 Å². The number of nitrogens with two attached hydrogens (primary N) is 2. The molecule has 0 amide bonds.